The number of carbonyl (C=O) groups is 1. The summed E-state index contributed by atoms with van der Waals surface area (Å²) in [6.45, 7) is 3.75. The van der Waals surface area contributed by atoms with Crippen LogP contribution in [0.4, 0.5) is 0 Å². The van der Waals surface area contributed by atoms with Gasteiger partial charge in [0.1, 0.15) is 12.2 Å². The van der Waals surface area contributed by atoms with Gasteiger partial charge in [0.15, 0.2) is 24.3 Å². The predicted octanol–water partition coefficient (Wildman–Crippen LogP) is -0.884. The molecule has 0 bridgehead atoms. The molecule has 152 valence electrons. The lowest BCUT2D eigenvalue weighted by Crippen LogP contribution is -2.47. The smallest absolute Gasteiger partial charge is 0.303 e. The Morgan fingerprint density at radius 3 is 2.23 bits per heavy atom. The van der Waals surface area contributed by atoms with Crippen molar-refractivity contribution in [3.63, 3.8) is 0 Å². The number of carbonyl (C=O) groups excluding carboxylic acids is 1. The van der Waals surface area contributed by atoms with Gasteiger partial charge in [-0.25, -0.2) is 0 Å². The highest BCUT2D eigenvalue weighted by atomic mass is 32.2. The molecule has 0 spiro atoms. The molecule has 0 aromatic carbocycles. The molecule has 2 aliphatic rings. The Balaban J connectivity index is 2.27. The number of esters is 1. The van der Waals surface area contributed by atoms with Crippen molar-refractivity contribution in [3.8, 4) is 0 Å². The molecule has 0 radical (unpaired) electrons. The van der Waals surface area contributed by atoms with Crippen LogP contribution in [0, 0.1) is 0 Å². The molecule has 0 aromatic rings. The van der Waals surface area contributed by atoms with Gasteiger partial charge in [0.25, 0.3) is 20.2 Å². The van der Waals surface area contributed by atoms with Gasteiger partial charge in [-0.15, -0.1) is 0 Å². The molecule has 2 rings (SSSR count). The molecule has 0 aliphatic carbocycles. The Bertz CT molecular complexity index is 742. The van der Waals surface area contributed by atoms with E-state index in [0.29, 0.717) is 0 Å². The Hall–Kier alpha value is -0.830. The molecule has 0 aromatic heterocycles. The first-order valence-electron chi connectivity index (χ1n) is 7.58. The van der Waals surface area contributed by atoms with Crippen LogP contribution in [0.1, 0.15) is 20.8 Å². The molecule has 0 N–H and O–H groups in total. The highest BCUT2D eigenvalue weighted by Crippen LogP contribution is 2.40. The summed E-state index contributed by atoms with van der Waals surface area (Å²) in [4.78, 5) is 11.5. The maximum atomic E-state index is 11.5. The van der Waals surface area contributed by atoms with Crippen molar-refractivity contribution in [2.45, 2.75) is 57.3 Å². The van der Waals surface area contributed by atoms with Crippen LogP contribution in [0.15, 0.2) is 0 Å². The summed E-state index contributed by atoms with van der Waals surface area (Å²) in [6, 6.07) is 0. The van der Waals surface area contributed by atoms with E-state index in [9.17, 15) is 21.6 Å². The van der Waals surface area contributed by atoms with Crippen molar-refractivity contribution in [1.82, 2.24) is 0 Å². The maximum Gasteiger partial charge on any atom is 0.303 e. The molecule has 2 aliphatic heterocycles. The average molecular weight is 418 g/mol. The van der Waals surface area contributed by atoms with Crippen LogP contribution in [-0.4, -0.2) is 78.4 Å². The van der Waals surface area contributed by atoms with E-state index in [1.807, 2.05) is 0 Å². The van der Waals surface area contributed by atoms with Gasteiger partial charge in [-0.2, -0.15) is 16.8 Å². The van der Waals surface area contributed by atoms with Gasteiger partial charge in [-0.1, -0.05) is 0 Å². The largest absolute Gasteiger partial charge is 0.457 e. The summed E-state index contributed by atoms with van der Waals surface area (Å²) >= 11 is 0. The third kappa shape index (κ3) is 5.84. The zero-order valence-electron chi connectivity index (χ0n) is 14.9. The summed E-state index contributed by atoms with van der Waals surface area (Å²) in [6.07, 6.45) is -3.91. The Labute approximate surface area is 152 Å². The van der Waals surface area contributed by atoms with Crippen molar-refractivity contribution >= 4 is 26.2 Å². The summed E-state index contributed by atoms with van der Waals surface area (Å²) in [5.74, 6) is -1.67. The fraction of sp³-hybridized carbons (Fsp3) is 0.923. The van der Waals surface area contributed by atoms with Crippen LogP contribution in [-0.2, 0) is 52.3 Å². The molecule has 26 heavy (non-hydrogen) atoms. The van der Waals surface area contributed by atoms with E-state index in [-0.39, 0.29) is 0 Å². The highest BCUT2D eigenvalue weighted by Gasteiger charge is 2.59. The van der Waals surface area contributed by atoms with Crippen molar-refractivity contribution in [1.29, 1.82) is 0 Å². The predicted molar refractivity (Wildman–Crippen MR) is 84.8 cm³/mol. The first-order chi connectivity index (χ1) is 11.7. The van der Waals surface area contributed by atoms with Crippen molar-refractivity contribution in [2.75, 3.05) is 19.1 Å². The molecule has 2 heterocycles. The third-order valence-electron chi connectivity index (χ3n) is 3.44. The van der Waals surface area contributed by atoms with Gasteiger partial charge in [-0.05, 0) is 13.8 Å². The summed E-state index contributed by atoms with van der Waals surface area (Å²) in [5, 5.41) is 0. The van der Waals surface area contributed by atoms with Crippen LogP contribution >= 0.6 is 0 Å². The molecule has 5 atom stereocenters. The van der Waals surface area contributed by atoms with Crippen LogP contribution in [0.5, 0.6) is 0 Å². The van der Waals surface area contributed by atoms with E-state index in [4.69, 9.17) is 23.1 Å². The minimum absolute atomic E-state index is 0.667. The molecule has 13 heteroatoms. The standard InChI is InChI=1S/C13H22O11S2/c1-7(14)20-10-9(21-12-11(10)22-13(2,3)23-12)8(24-26(5,17)18)6-19-25(4,15)16/h8-12H,6H2,1-5H3/t8-,9-,10-,11-,12-/m1/s1. The topological polar surface area (TPSA) is 141 Å². The monoisotopic (exact) mass is 418 g/mol. The van der Waals surface area contributed by atoms with E-state index in [2.05, 4.69) is 4.18 Å². The van der Waals surface area contributed by atoms with Gasteiger partial charge in [0, 0.05) is 6.92 Å². The second-order valence-corrected chi connectivity index (χ2v) is 9.72. The zero-order valence-corrected chi connectivity index (χ0v) is 16.5. The van der Waals surface area contributed by atoms with E-state index >= 15 is 0 Å². The lowest BCUT2D eigenvalue weighted by atomic mass is 10.1. The number of ether oxygens (including phenoxy) is 4. The minimum atomic E-state index is -4.00. The van der Waals surface area contributed by atoms with Crippen LogP contribution in [0.25, 0.3) is 0 Å². The lowest BCUT2D eigenvalue weighted by molar-refractivity contribution is -0.228. The SMILES string of the molecule is CC(=O)O[C@H]1[C@H]2OC(C)(C)O[C@H]2O[C@@H]1[C@@H](COS(C)(=O)=O)OS(C)(=O)=O. The molecular weight excluding hydrogens is 396 g/mol. The first-order valence-corrected chi connectivity index (χ1v) is 11.2. The Morgan fingerprint density at radius 1 is 1.12 bits per heavy atom. The minimum Gasteiger partial charge on any atom is -0.457 e. The summed E-state index contributed by atoms with van der Waals surface area (Å²) in [5.41, 5.74) is 0. The quantitative estimate of drug-likeness (QED) is 0.376. The number of fused-ring (bicyclic) bond motifs is 1. The van der Waals surface area contributed by atoms with E-state index < -0.39 is 69.3 Å². The van der Waals surface area contributed by atoms with E-state index in [1.165, 1.54) is 0 Å². The molecule has 2 fully saturated rings. The van der Waals surface area contributed by atoms with Gasteiger partial charge in [-0.3, -0.25) is 13.2 Å². The zero-order chi connectivity index (χ0) is 19.9. The molecule has 2 saturated heterocycles. The summed E-state index contributed by atoms with van der Waals surface area (Å²) < 4.78 is 77.2. The lowest BCUT2D eigenvalue weighted by Gasteiger charge is -2.29. The normalized spacial score (nSPS) is 32.2. The van der Waals surface area contributed by atoms with Crippen LogP contribution < -0.4 is 0 Å². The second kappa shape index (κ2) is 7.30. The fourth-order valence-electron chi connectivity index (χ4n) is 2.72. The Morgan fingerprint density at radius 2 is 1.73 bits per heavy atom. The molecule has 0 saturated carbocycles. The van der Waals surface area contributed by atoms with Gasteiger partial charge >= 0.3 is 5.97 Å². The van der Waals surface area contributed by atoms with Gasteiger partial charge < -0.3 is 18.9 Å². The molecular formula is C13H22O11S2. The molecule has 11 nitrogen and oxygen atoms in total. The number of hydrogen-bond acceptors (Lipinski definition) is 11. The van der Waals surface area contributed by atoms with Crippen LogP contribution in [0.3, 0.4) is 0 Å². The second-order valence-electron chi connectivity index (χ2n) is 6.47. The fourth-order valence-corrected chi connectivity index (χ4v) is 3.72. The van der Waals surface area contributed by atoms with Crippen LogP contribution in [0.2, 0.25) is 0 Å². The highest BCUT2D eigenvalue weighted by molar-refractivity contribution is 7.86. The molecule has 0 unspecified atom stereocenters. The number of hydrogen-bond donors (Lipinski definition) is 0. The maximum absolute atomic E-state index is 11.5. The van der Waals surface area contributed by atoms with E-state index in [1.54, 1.807) is 13.8 Å². The Kier molecular flexibility index (Phi) is 6.03. The summed E-state index contributed by atoms with van der Waals surface area (Å²) in [7, 11) is -7.89. The third-order valence-corrected chi connectivity index (χ3v) is 4.60. The van der Waals surface area contributed by atoms with Gasteiger partial charge in [0.2, 0.25) is 0 Å². The van der Waals surface area contributed by atoms with Crippen molar-refractivity contribution in [2.24, 2.45) is 0 Å². The van der Waals surface area contributed by atoms with Crippen molar-refractivity contribution in [3.05, 3.63) is 0 Å². The molecule has 0 amide bonds. The average Bonchev–Trinajstić information content (AvgIpc) is 2.85. The van der Waals surface area contributed by atoms with E-state index in [0.717, 1.165) is 19.4 Å². The first kappa shape index (κ1) is 21.5. The van der Waals surface area contributed by atoms with Crippen molar-refractivity contribution < 1.29 is 48.9 Å². The van der Waals surface area contributed by atoms with Gasteiger partial charge in [0.05, 0.1) is 19.1 Å². The number of rotatable bonds is 7.